The van der Waals surface area contributed by atoms with Gasteiger partial charge in [-0.2, -0.15) is 0 Å². The molecule has 2 rings (SSSR count). The molecule has 3 heteroatoms. The zero-order chi connectivity index (χ0) is 12.4. The lowest BCUT2D eigenvalue weighted by Gasteiger charge is -2.22. The molecule has 0 fully saturated rings. The summed E-state index contributed by atoms with van der Waals surface area (Å²) in [5.41, 5.74) is 3.05. The van der Waals surface area contributed by atoms with Crippen LogP contribution in [0.4, 0.5) is 0 Å². The highest BCUT2D eigenvalue weighted by molar-refractivity contribution is 5.19. The normalized spacial score (nSPS) is 14.6. The Bertz CT molecular complexity index is 490. The molecule has 0 bridgehead atoms. The van der Waals surface area contributed by atoms with Gasteiger partial charge in [-0.25, -0.2) is 4.98 Å². The summed E-state index contributed by atoms with van der Waals surface area (Å²) in [5, 5.41) is 10.3. The highest BCUT2D eigenvalue weighted by Crippen LogP contribution is 2.27. The predicted molar refractivity (Wildman–Crippen MR) is 67.8 cm³/mol. The van der Waals surface area contributed by atoms with Gasteiger partial charge in [-0.3, -0.25) is 0 Å². The van der Waals surface area contributed by atoms with E-state index < -0.39 is 6.10 Å². The van der Waals surface area contributed by atoms with Crippen LogP contribution in [0.2, 0.25) is 0 Å². The van der Waals surface area contributed by atoms with Gasteiger partial charge in [0, 0.05) is 5.69 Å². The molecule has 2 unspecified atom stereocenters. The summed E-state index contributed by atoms with van der Waals surface area (Å²) < 4.78 is 2.02. The molecule has 0 spiro atoms. The molecule has 0 saturated heterocycles. The Kier molecular flexibility index (Phi) is 3.29. The van der Waals surface area contributed by atoms with Crippen LogP contribution in [-0.2, 0) is 0 Å². The number of nitrogens with zero attached hydrogens (tertiary/aromatic N) is 2. The van der Waals surface area contributed by atoms with E-state index in [2.05, 4.69) is 4.98 Å². The van der Waals surface area contributed by atoms with Crippen LogP contribution in [0, 0.1) is 13.8 Å². The summed E-state index contributed by atoms with van der Waals surface area (Å²) in [6.45, 7) is 6.01. The fourth-order valence-electron chi connectivity index (χ4n) is 2.01. The molecule has 2 aromatic rings. The maximum absolute atomic E-state index is 10.3. The number of aromatic nitrogens is 2. The van der Waals surface area contributed by atoms with Gasteiger partial charge in [-0.1, -0.05) is 30.3 Å². The standard InChI is InChI=1S/C14H18N2O/c1-10-11(2)16(9-15-10)12(3)14(17)13-7-5-4-6-8-13/h4-9,12,14,17H,1-3H3. The molecule has 1 heterocycles. The number of rotatable bonds is 3. The van der Waals surface area contributed by atoms with Gasteiger partial charge in [0.1, 0.15) is 0 Å². The molecule has 0 aliphatic heterocycles. The van der Waals surface area contributed by atoms with Gasteiger partial charge in [0.15, 0.2) is 0 Å². The molecule has 1 aromatic carbocycles. The number of aryl methyl sites for hydroxylation is 1. The van der Waals surface area contributed by atoms with Crippen LogP contribution in [0.3, 0.4) is 0 Å². The zero-order valence-corrected chi connectivity index (χ0v) is 10.5. The Balaban J connectivity index is 2.26. The van der Waals surface area contributed by atoms with Gasteiger partial charge in [-0.15, -0.1) is 0 Å². The van der Waals surface area contributed by atoms with Crippen LogP contribution in [0.25, 0.3) is 0 Å². The Hall–Kier alpha value is -1.61. The summed E-state index contributed by atoms with van der Waals surface area (Å²) in [4.78, 5) is 4.27. The van der Waals surface area contributed by atoms with Crippen molar-refractivity contribution in [2.45, 2.75) is 32.9 Å². The second-order valence-electron chi connectivity index (χ2n) is 4.42. The lowest BCUT2D eigenvalue weighted by atomic mass is 10.0. The number of benzene rings is 1. The molecule has 2 atom stereocenters. The molecular weight excluding hydrogens is 212 g/mol. The summed E-state index contributed by atoms with van der Waals surface area (Å²) in [6, 6.07) is 9.71. The third-order valence-corrected chi connectivity index (χ3v) is 3.32. The lowest BCUT2D eigenvalue weighted by Crippen LogP contribution is -2.15. The smallest absolute Gasteiger partial charge is 0.0994 e. The van der Waals surface area contributed by atoms with Crippen LogP contribution in [0.1, 0.15) is 36.0 Å². The van der Waals surface area contributed by atoms with E-state index in [1.807, 2.05) is 55.7 Å². The highest BCUT2D eigenvalue weighted by Gasteiger charge is 2.19. The molecule has 3 nitrogen and oxygen atoms in total. The monoisotopic (exact) mass is 230 g/mol. The first-order valence-electron chi connectivity index (χ1n) is 5.84. The van der Waals surface area contributed by atoms with Gasteiger partial charge in [-0.05, 0) is 26.3 Å². The minimum atomic E-state index is -0.511. The van der Waals surface area contributed by atoms with Gasteiger partial charge in [0.25, 0.3) is 0 Å². The van der Waals surface area contributed by atoms with Crippen molar-refractivity contribution in [1.29, 1.82) is 0 Å². The van der Waals surface area contributed by atoms with Crippen molar-refractivity contribution < 1.29 is 5.11 Å². The molecule has 17 heavy (non-hydrogen) atoms. The first-order valence-corrected chi connectivity index (χ1v) is 5.84. The Morgan fingerprint density at radius 1 is 1.18 bits per heavy atom. The van der Waals surface area contributed by atoms with E-state index in [4.69, 9.17) is 0 Å². The van der Waals surface area contributed by atoms with Crippen molar-refractivity contribution >= 4 is 0 Å². The van der Waals surface area contributed by atoms with Crippen molar-refractivity contribution in [3.8, 4) is 0 Å². The van der Waals surface area contributed by atoms with Crippen molar-refractivity contribution in [2.75, 3.05) is 0 Å². The second-order valence-corrected chi connectivity index (χ2v) is 4.42. The van der Waals surface area contributed by atoms with Gasteiger partial charge in [0.2, 0.25) is 0 Å². The van der Waals surface area contributed by atoms with Crippen molar-refractivity contribution in [3.05, 3.63) is 53.6 Å². The molecule has 0 saturated carbocycles. The number of imidazole rings is 1. The zero-order valence-electron chi connectivity index (χ0n) is 10.5. The van der Waals surface area contributed by atoms with E-state index in [1.165, 1.54) is 0 Å². The molecule has 90 valence electrons. The predicted octanol–water partition coefficient (Wildman–Crippen LogP) is 2.79. The average Bonchev–Trinajstić information content (AvgIpc) is 2.69. The molecule has 1 aromatic heterocycles. The minimum absolute atomic E-state index is 0.0152. The van der Waals surface area contributed by atoms with Gasteiger partial charge < -0.3 is 9.67 Å². The van der Waals surface area contributed by atoms with Crippen LogP contribution < -0.4 is 0 Å². The highest BCUT2D eigenvalue weighted by atomic mass is 16.3. The summed E-state index contributed by atoms with van der Waals surface area (Å²) in [7, 11) is 0. The third kappa shape index (κ3) is 2.24. The van der Waals surface area contributed by atoms with E-state index in [0.29, 0.717) is 0 Å². The number of aliphatic hydroxyl groups excluding tert-OH is 1. The molecule has 1 N–H and O–H groups in total. The van der Waals surface area contributed by atoms with Gasteiger partial charge >= 0.3 is 0 Å². The first-order chi connectivity index (χ1) is 8.11. The topological polar surface area (TPSA) is 38.0 Å². The Morgan fingerprint density at radius 3 is 2.35 bits per heavy atom. The minimum Gasteiger partial charge on any atom is -0.386 e. The van der Waals surface area contributed by atoms with Crippen molar-refractivity contribution in [1.82, 2.24) is 9.55 Å². The maximum atomic E-state index is 10.3. The molecular formula is C14H18N2O. The van der Waals surface area contributed by atoms with E-state index >= 15 is 0 Å². The fraction of sp³-hybridized carbons (Fsp3) is 0.357. The number of aliphatic hydroxyl groups is 1. The van der Waals surface area contributed by atoms with E-state index in [0.717, 1.165) is 17.0 Å². The molecule has 0 aliphatic carbocycles. The number of hydrogen-bond donors (Lipinski definition) is 1. The number of hydrogen-bond acceptors (Lipinski definition) is 2. The van der Waals surface area contributed by atoms with Crippen LogP contribution in [-0.4, -0.2) is 14.7 Å². The van der Waals surface area contributed by atoms with Crippen LogP contribution in [0.5, 0.6) is 0 Å². The van der Waals surface area contributed by atoms with Gasteiger partial charge in [0.05, 0.1) is 24.2 Å². The molecule has 0 aliphatic rings. The van der Waals surface area contributed by atoms with E-state index in [-0.39, 0.29) is 6.04 Å². The van der Waals surface area contributed by atoms with E-state index in [9.17, 15) is 5.11 Å². The Labute approximate surface area is 102 Å². The molecule has 0 radical (unpaired) electrons. The second kappa shape index (κ2) is 4.72. The van der Waals surface area contributed by atoms with Crippen molar-refractivity contribution in [3.63, 3.8) is 0 Å². The summed E-state index contributed by atoms with van der Waals surface area (Å²) in [6.07, 6.45) is 1.28. The van der Waals surface area contributed by atoms with E-state index in [1.54, 1.807) is 6.33 Å². The fourth-order valence-corrected chi connectivity index (χ4v) is 2.01. The Morgan fingerprint density at radius 2 is 1.82 bits per heavy atom. The van der Waals surface area contributed by atoms with Crippen LogP contribution in [0.15, 0.2) is 36.7 Å². The van der Waals surface area contributed by atoms with Crippen molar-refractivity contribution in [2.24, 2.45) is 0 Å². The average molecular weight is 230 g/mol. The SMILES string of the molecule is Cc1ncn(C(C)C(O)c2ccccc2)c1C. The lowest BCUT2D eigenvalue weighted by molar-refractivity contribution is 0.121. The summed E-state index contributed by atoms with van der Waals surface area (Å²) >= 11 is 0. The quantitative estimate of drug-likeness (QED) is 0.880. The molecule has 0 amide bonds. The maximum Gasteiger partial charge on any atom is 0.0994 e. The largest absolute Gasteiger partial charge is 0.386 e. The summed E-state index contributed by atoms with van der Waals surface area (Å²) in [5.74, 6) is 0. The van der Waals surface area contributed by atoms with Crippen LogP contribution >= 0.6 is 0 Å². The first kappa shape index (κ1) is 11.9. The third-order valence-electron chi connectivity index (χ3n) is 3.32.